The van der Waals surface area contributed by atoms with Gasteiger partial charge in [0.15, 0.2) is 11.6 Å². The Labute approximate surface area is 98.4 Å². The zero-order valence-corrected chi connectivity index (χ0v) is 9.76. The van der Waals surface area contributed by atoms with Crippen LogP contribution in [0.5, 0.6) is 0 Å². The second kappa shape index (κ2) is 4.04. The summed E-state index contributed by atoms with van der Waals surface area (Å²) in [4.78, 5) is 14.0. The van der Waals surface area contributed by atoms with Gasteiger partial charge < -0.3 is 0 Å². The van der Waals surface area contributed by atoms with Gasteiger partial charge in [-0.05, 0) is 36.5 Å². The fraction of sp³-hybridized carbons (Fsp3) is 0.462. The molecule has 0 unspecified atom stereocenters. The van der Waals surface area contributed by atoms with E-state index in [4.69, 9.17) is 0 Å². The molecule has 17 heavy (non-hydrogen) atoms. The lowest BCUT2D eigenvalue weighted by Gasteiger charge is -2.14. The van der Waals surface area contributed by atoms with Gasteiger partial charge >= 0.3 is 0 Å². The van der Waals surface area contributed by atoms with Crippen LogP contribution < -0.4 is 0 Å². The lowest BCUT2D eigenvalue weighted by atomic mass is 9.96. The molecule has 1 aliphatic rings. The highest BCUT2D eigenvalue weighted by molar-refractivity contribution is 5.43. The van der Waals surface area contributed by atoms with Gasteiger partial charge in [-0.25, -0.2) is 13.6 Å². The second-order valence-corrected chi connectivity index (χ2v) is 4.75. The van der Waals surface area contributed by atoms with E-state index in [9.17, 15) is 13.6 Å². The lowest BCUT2D eigenvalue weighted by Crippen LogP contribution is -2.09. The first-order valence-electron chi connectivity index (χ1n) is 5.58. The number of aliphatic imine (C=N–C) groups is 1. The van der Waals surface area contributed by atoms with E-state index in [1.54, 1.807) is 6.07 Å². The van der Waals surface area contributed by atoms with Crippen molar-refractivity contribution < 1.29 is 13.6 Å². The number of hydrogen-bond acceptors (Lipinski definition) is 2. The molecule has 0 aromatic heterocycles. The molecule has 0 atom stereocenters. The number of nitrogens with zero attached hydrogens (tertiary/aromatic N) is 1. The van der Waals surface area contributed by atoms with E-state index in [1.807, 2.05) is 13.8 Å². The van der Waals surface area contributed by atoms with Gasteiger partial charge in [0, 0.05) is 5.56 Å². The number of hydrogen-bond donors (Lipinski definition) is 0. The van der Waals surface area contributed by atoms with Crippen LogP contribution in [0.1, 0.15) is 43.7 Å². The standard InChI is InChI=1S/C13H13F2NO/c1-8(2)9-5-10(12(15)11(14)6-9)13(3-4-13)16-7-17/h5-6,8H,3-4H2,1-2H3. The molecule has 4 heteroatoms. The molecule has 0 spiro atoms. The Balaban J connectivity index is 2.57. The molecule has 0 amide bonds. The zero-order chi connectivity index (χ0) is 12.6. The second-order valence-electron chi connectivity index (χ2n) is 4.75. The van der Waals surface area contributed by atoms with Crippen molar-refractivity contribution >= 4 is 6.08 Å². The predicted octanol–water partition coefficient (Wildman–Crippen LogP) is 3.41. The van der Waals surface area contributed by atoms with Crippen LogP contribution in [-0.4, -0.2) is 6.08 Å². The Morgan fingerprint density at radius 1 is 1.35 bits per heavy atom. The van der Waals surface area contributed by atoms with Crippen molar-refractivity contribution in [3.05, 3.63) is 34.9 Å². The van der Waals surface area contributed by atoms with Gasteiger partial charge in [0.2, 0.25) is 6.08 Å². The quantitative estimate of drug-likeness (QED) is 0.585. The molecule has 90 valence electrons. The maximum atomic E-state index is 13.7. The van der Waals surface area contributed by atoms with Crippen LogP contribution in [0.25, 0.3) is 0 Å². The van der Waals surface area contributed by atoms with E-state index in [0.29, 0.717) is 18.4 Å². The third-order valence-electron chi connectivity index (χ3n) is 3.20. The molecular formula is C13H13F2NO. The molecule has 0 radical (unpaired) electrons. The summed E-state index contributed by atoms with van der Waals surface area (Å²) in [5, 5.41) is 0. The van der Waals surface area contributed by atoms with Gasteiger partial charge in [0.05, 0.1) is 0 Å². The molecule has 1 aromatic rings. The fourth-order valence-electron chi connectivity index (χ4n) is 1.93. The third kappa shape index (κ3) is 2.01. The molecule has 1 aromatic carbocycles. The molecule has 0 N–H and O–H groups in total. The van der Waals surface area contributed by atoms with Crippen molar-refractivity contribution in [2.75, 3.05) is 0 Å². The van der Waals surface area contributed by atoms with Crippen molar-refractivity contribution in [1.29, 1.82) is 0 Å². The Bertz CT molecular complexity index is 500. The predicted molar refractivity (Wildman–Crippen MR) is 59.5 cm³/mol. The summed E-state index contributed by atoms with van der Waals surface area (Å²) in [5.41, 5.74) is 0.0354. The van der Waals surface area contributed by atoms with Crippen LogP contribution in [0, 0.1) is 11.6 Å². The molecule has 1 aliphatic carbocycles. The minimum atomic E-state index is -0.897. The highest BCUT2D eigenvalue weighted by Gasteiger charge is 2.47. The molecule has 0 bridgehead atoms. The highest BCUT2D eigenvalue weighted by Crippen LogP contribution is 2.50. The van der Waals surface area contributed by atoms with Gasteiger partial charge in [-0.2, -0.15) is 4.99 Å². The number of benzene rings is 1. The molecule has 0 aliphatic heterocycles. The van der Waals surface area contributed by atoms with E-state index in [1.165, 1.54) is 12.1 Å². The van der Waals surface area contributed by atoms with Crippen molar-refractivity contribution in [2.24, 2.45) is 4.99 Å². The molecule has 0 heterocycles. The average Bonchev–Trinajstić information content (AvgIpc) is 3.03. The van der Waals surface area contributed by atoms with Gasteiger partial charge in [-0.3, -0.25) is 0 Å². The van der Waals surface area contributed by atoms with Gasteiger partial charge in [0.25, 0.3) is 0 Å². The van der Waals surface area contributed by atoms with E-state index < -0.39 is 17.2 Å². The number of halogens is 2. The van der Waals surface area contributed by atoms with E-state index in [-0.39, 0.29) is 11.5 Å². The lowest BCUT2D eigenvalue weighted by molar-refractivity contribution is 0.482. The summed E-state index contributed by atoms with van der Waals surface area (Å²) in [5.74, 6) is -1.68. The van der Waals surface area contributed by atoms with Crippen LogP contribution >= 0.6 is 0 Å². The molecule has 1 fully saturated rings. The van der Waals surface area contributed by atoms with Crippen LogP contribution in [0.3, 0.4) is 0 Å². The maximum Gasteiger partial charge on any atom is 0.235 e. The van der Waals surface area contributed by atoms with Crippen LogP contribution in [-0.2, 0) is 10.3 Å². The van der Waals surface area contributed by atoms with E-state index in [0.717, 1.165) is 0 Å². The summed E-state index contributed by atoms with van der Waals surface area (Å²) in [6.07, 6.45) is 2.59. The topological polar surface area (TPSA) is 29.4 Å². The summed E-state index contributed by atoms with van der Waals surface area (Å²) in [7, 11) is 0. The Hall–Kier alpha value is -1.54. The molecule has 1 saturated carbocycles. The van der Waals surface area contributed by atoms with Crippen LogP contribution in [0.15, 0.2) is 17.1 Å². The monoisotopic (exact) mass is 237 g/mol. The normalized spacial score (nSPS) is 16.8. The number of carbonyl (C=O) groups excluding carboxylic acids is 1. The molecule has 0 saturated heterocycles. The highest BCUT2D eigenvalue weighted by atomic mass is 19.2. The van der Waals surface area contributed by atoms with Crippen LogP contribution in [0.2, 0.25) is 0 Å². The smallest absolute Gasteiger partial charge is 0.211 e. The van der Waals surface area contributed by atoms with E-state index in [2.05, 4.69) is 4.99 Å². The minimum absolute atomic E-state index is 0.0971. The first-order valence-corrected chi connectivity index (χ1v) is 5.58. The summed E-state index contributed by atoms with van der Waals surface area (Å²) >= 11 is 0. The average molecular weight is 237 g/mol. The number of isocyanates is 1. The molecule has 2 rings (SSSR count). The van der Waals surface area contributed by atoms with E-state index >= 15 is 0 Å². The van der Waals surface area contributed by atoms with Gasteiger partial charge in [-0.1, -0.05) is 13.8 Å². The molecule has 2 nitrogen and oxygen atoms in total. The maximum absolute atomic E-state index is 13.7. The Morgan fingerprint density at radius 3 is 2.47 bits per heavy atom. The minimum Gasteiger partial charge on any atom is -0.211 e. The van der Waals surface area contributed by atoms with Gasteiger partial charge in [-0.15, -0.1) is 0 Å². The molecular weight excluding hydrogens is 224 g/mol. The van der Waals surface area contributed by atoms with Crippen molar-refractivity contribution in [3.8, 4) is 0 Å². The summed E-state index contributed by atoms with van der Waals surface area (Å²) < 4.78 is 27.2. The fourth-order valence-corrected chi connectivity index (χ4v) is 1.93. The van der Waals surface area contributed by atoms with Crippen LogP contribution in [0.4, 0.5) is 8.78 Å². The van der Waals surface area contributed by atoms with Crippen molar-refractivity contribution in [2.45, 2.75) is 38.1 Å². The summed E-state index contributed by atoms with van der Waals surface area (Å²) in [6, 6.07) is 2.81. The first kappa shape index (κ1) is 11.9. The SMILES string of the molecule is CC(C)c1cc(F)c(F)c(C2(N=C=O)CC2)c1. The first-order chi connectivity index (χ1) is 8.00. The summed E-state index contributed by atoms with van der Waals surface area (Å²) in [6.45, 7) is 3.80. The number of rotatable bonds is 3. The van der Waals surface area contributed by atoms with Crippen molar-refractivity contribution in [1.82, 2.24) is 0 Å². The van der Waals surface area contributed by atoms with Crippen molar-refractivity contribution in [3.63, 3.8) is 0 Å². The zero-order valence-electron chi connectivity index (χ0n) is 9.76. The largest absolute Gasteiger partial charge is 0.235 e. The Morgan fingerprint density at radius 2 is 2.00 bits per heavy atom. The Kier molecular flexibility index (Phi) is 2.84. The van der Waals surface area contributed by atoms with Gasteiger partial charge in [0.1, 0.15) is 5.54 Å². The third-order valence-corrected chi connectivity index (χ3v) is 3.20.